The van der Waals surface area contributed by atoms with Crippen LogP contribution in [0.15, 0.2) is 70.7 Å². The Morgan fingerprint density at radius 3 is 2.62 bits per heavy atom. The number of thioether (sulfide) groups is 1. The number of rotatable bonds is 5. The Labute approximate surface area is 172 Å². The number of amides is 1. The molecule has 2 N–H and O–H groups in total. The molecule has 2 aromatic heterocycles. The molecular formula is C22H20N4O2S. The van der Waals surface area contributed by atoms with Gasteiger partial charge in [-0.3, -0.25) is 14.2 Å². The van der Waals surface area contributed by atoms with Crippen LogP contribution in [0.25, 0.3) is 22.2 Å². The summed E-state index contributed by atoms with van der Waals surface area (Å²) in [5.41, 5.74) is 4.53. The second kappa shape index (κ2) is 7.97. The summed E-state index contributed by atoms with van der Waals surface area (Å²) < 4.78 is 1.47. The van der Waals surface area contributed by atoms with Crippen LogP contribution in [-0.2, 0) is 11.8 Å². The van der Waals surface area contributed by atoms with Crippen LogP contribution in [0.1, 0.15) is 5.56 Å². The third-order valence-corrected chi connectivity index (χ3v) is 5.73. The molecule has 2 heterocycles. The number of aromatic amines is 1. The number of fused-ring (bicyclic) bond motifs is 1. The summed E-state index contributed by atoms with van der Waals surface area (Å²) in [6, 6.07) is 17.4. The van der Waals surface area contributed by atoms with E-state index in [4.69, 9.17) is 0 Å². The molecule has 1 amide bonds. The Hall–Kier alpha value is -3.32. The Balaban J connectivity index is 1.60. The topological polar surface area (TPSA) is 79.8 Å². The van der Waals surface area contributed by atoms with Crippen molar-refractivity contribution in [2.24, 2.45) is 7.05 Å². The lowest BCUT2D eigenvalue weighted by Gasteiger charge is -2.10. The number of para-hydroxylation sites is 1. The van der Waals surface area contributed by atoms with Crippen LogP contribution in [0.3, 0.4) is 0 Å². The van der Waals surface area contributed by atoms with Crippen molar-refractivity contribution in [2.75, 3.05) is 11.1 Å². The third-order valence-electron chi connectivity index (χ3n) is 4.70. The molecule has 0 radical (unpaired) electrons. The summed E-state index contributed by atoms with van der Waals surface area (Å²) in [5, 5.41) is 3.40. The molecule has 146 valence electrons. The first-order chi connectivity index (χ1) is 14.0. The van der Waals surface area contributed by atoms with Gasteiger partial charge in [0.25, 0.3) is 5.56 Å². The predicted molar refractivity (Wildman–Crippen MR) is 117 cm³/mol. The van der Waals surface area contributed by atoms with Crippen LogP contribution >= 0.6 is 11.8 Å². The van der Waals surface area contributed by atoms with Crippen LogP contribution in [-0.4, -0.2) is 26.2 Å². The standard InChI is InChI=1S/C22H20N4O2S/c1-14-8-6-7-11-17(14)24-18(27)13-29-22-25-19-16(15-9-4-3-5-10-15)12-23-20(19)21(28)26(22)2/h3-12,23H,13H2,1-2H3,(H,24,27). The first-order valence-electron chi connectivity index (χ1n) is 9.16. The molecule has 0 aliphatic carbocycles. The predicted octanol–water partition coefficient (Wildman–Crippen LogP) is 3.97. The molecule has 4 aromatic rings. The molecule has 0 saturated heterocycles. The van der Waals surface area contributed by atoms with E-state index in [9.17, 15) is 9.59 Å². The molecule has 4 rings (SSSR count). The summed E-state index contributed by atoms with van der Waals surface area (Å²) in [4.78, 5) is 32.9. The van der Waals surface area contributed by atoms with Gasteiger partial charge in [0, 0.05) is 24.5 Å². The van der Waals surface area contributed by atoms with Crippen molar-refractivity contribution in [1.82, 2.24) is 14.5 Å². The van der Waals surface area contributed by atoms with Crippen LogP contribution in [0.4, 0.5) is 5.69 Å². The number of hydrogen-bond acceptors (Lipinski definition) is 4. The van der Waals surface area contributed by atoms with E-state index in [1.54, 1.807) is 13.2 Å². The summed E-state index contributed by atoms with van der Waals surface area (Å²) in [6.07, 6.45) is 1.80. The minimum Gasteiger partial charge on any atom is -0.355 e. The zero-order chi connectivity index (χ0) is 20.4. The van der Waals surface area contributed by atoms with Gasteiger partial charge in [0.2, 0.25) is 5.91 Å². The smallest absolute Gasteiger partial charge is 0.278 e. The molecule has 0 spiro atoms. The van der Waals surface area contributed by atoms with E-state index in [2.05, 4.69) is 15.3 Å². The van der Waals surface area contributed by atoms with E-state index in [-0.39, 0.29) is 17.2 Å². The van der Waals surface area contributed by atoms with Crippen LogP contribution in [0.5, 0.6) is 0 Å². The van der Waals surface area contributed by atoms with Gasteiger partial charge in [0.15, 0.2) is 5.16 Å². The fourth-order valence-electron chi connectivity index (χ4n) is 3.12. The normalized spacial score (nSPS) is 11.0. The van der Waals surface area contributed by atoms with Gasteiger partial charge in [-0.15, -0.1) is 0 Å². The lowest BCUT2D eigenvalue weighted by molar-refractivity contribution is -0.113. The number of H-pyrrole nitrogens is 1. The Kier molecular flexibility index (Phi) is 5.22. The number of nitrogens with zero attached hydrogens (tertiary/aromatic N) is 2. The van der Waals surface area contributed by atoms with E-state index < -0.39 is 0 Å². The quantitative estimate of drug-likeness (QED) is 0.390. The summed E-state index contributed by atoms with van der Waals surface area (Å²) in [7, 11) is 1.67. The second-order valence-electron chi connectivity index (χ2n) is 6.70. The largest absolute Gasteiger partial charge is 0.355 e. The van der Waals surface area contributed by atoms with E-state index >= 15 is 0 Å². The first-order valence-corrected chi connectivity index (χ1v) is 10.1. The van der Waals surface area contributed by atoms with Crippen LogP contribution < -0.4 is 10.9 Å². The molecule has 0 fully saturated rings. The van der Waals surface area contributed by atoms with Gasteiger partial charge in [-0.2, -0.15) is 0 Å². The molecule has 6 nitrogen and oxygen atoms in total. The Bertz CT molecular complexity index is 1240. The zero-order valence-electron chi connectivity index (χ0n) is 16.1. The maximum Gasteiger partial charge on any atom is 0.278 e. The molecule has 29 heavy (non-hydrogen) atoms. The lowest BCUT2D eigenvalue weighted by Crippen LogP contribution is -2.21. The fraction of sp³-hybridized carbons (Fsp3) is 0.136. The van der Waals surface area contributed by atoms with E-state index in [1.165, 1.54) is 16.3 Å². The van der Waals surface area contributed by atoms with Crippen molar-refractivity contribution in [3.05, 3.63) is 76.7 Å². The number of aromatic nitrogens is 3. The van der Waals surface area contributed by atoms with Gasteiger partial charge in [0.1, 0.15) is 11.0 Å². The number of nitrogens with one attached hydrogen (secondary N) is 2. The van der Waals surface area contributed by atoms with E-state index in [0.29, 0.717) is 16.2 Å². The Morgan fingerprint density at radius 1 is 1.14 bits per heavy atom. The second-order valence-corrected chi connectivity index (χ2v) is 7.64. The van der Waals surface area contributed by atoms with Gasteiger partial charge in [-0.1, -0.05) is 60.3 Å². The minimum absolute atomic E-state index is 0.143. The van der Waals surface area contributed by atoms with Crippen molar-refractivity contribution in [1.29, 1.82) is 0 Å². The number of hydrogen-bond donors (Lipinski definition) is 2. The molecule has 2 aromatic carbocycles. The molecular weight excluding hydrogens is 384 g/mol. The van der Waals surface area contributed by atoms with Crippen molar-refractivity contribution < 1.29 is 4.79 Å². The third kappa shape index (κ3) is 3.82. The zero-order valence-corrected chi connectivity index (χ0v) is 16.9. The van der Waals surface area contributed by atoms with Gasteiger partial charge >= 0.3 is 0 Å². The summed E-state index contributed by atoms with van der Waals surface area (Å²) >= 11 is 1.24. The van der Waals surface area contributed by atoms with Crippen LogP contribution in [0, 0.1) is 6.92 Å². The maximum absolute atomic E-state index is 12.8. The number of carbonyl (C=O) groups excluding carboxylic acids is 1. The first kappa shape index (κ1) is 19.0. The van der Waals surface area contributed by atoms with Crippen molar-refractivity contribution in [3.8, 4) is 11.1 Å². The molecule has 0 unspecified atom stereocenters. The van der Waals surface area contributed by atoms with Gasteiger partial charge in [0.05, 0.1) is 5.75 Å². The lowest BCUT2D eigenvalue weighted by atomic mass is 10.1. The number of aryl methyl sites for hydroxylation is 1. The van der Waals surface area contributed by atoms with E-state index in [1.807, 2.05) is 61.5 Å². The average molecular weight is 404 g/mol. The van der Waals surface area contributed by atoms with Gasteiger partial charge in [-0.05, 0) is 24.1 Å². The highest BCUT2D eigenvalue weighted by Crippen LogP contribution is 2.27. The maximum atomic E-state index is 12.8. The number of carbonyl (C=O) groups is 1. The van der Waals surface area contributed by atoms with Crippen molar-refractivity contribution >= 4 is 34.4 Å². The monoisotopic (exact) mass is 404 g/mol. The summed E-state index contributed by atoms with van der Waals surface area (Å²) in [6.45, 7) is 1.94. The molecule has 0 atom stereocenters. The molecule has 0 bridgehead atoms. The molecule has 0 aliphatic heterocycles. The van der Waals surface area contributed by atoms with Crippen molar-refractivity contribution in [2.45, 2.75) is 12.1 Å². The minimum atomic E-state index is -0.168. The highest BCUT2D eigenvalue weighted by Gasteiger charge is 2.16. The highest BCUT2D eigenvalue weighted by molar-refractivity contribution is 7.99. The van der Waals surface area contributed by atoms with Crippen LogP contribution in [0.2, 0.25) is 0 Å². The number of benzene rings is 2. The molecule has 0 saturated carbocycles. The molecule has 0 aliphatic rings. The average Bonchev–Trinajstić information content (AvgIpc) is 3.16. The van der Waals surface area contributed by atoms with Crippen molar-refractivity contribution in [3.63, 3.8) is 0 Å². The summed E-state index contributed by atoms with van der Waals surface area (Å²) in [5.74, 6) is 0.0154. The molecule has 7 heteroatoms. The fourth-order valence-corrected chi connectivity index (χ4v) is 3.88. The SMILES string of the molecule is Cc1ccccc1NC(=O)CSc1nc2c(-c3ccccc3)c[nH]c2c(=O)n1C. The highest BCUT2D eigenvalue weighted by atomic mass is 32.2. The number of anilines is 1. The van der Waals surface area contributed by atoms with E-state index in [0.717, 1.165) is 22.4 Å². The Morgan fingerprint density at radius 2 is 1.86 bits per heavy atom. The van der Waals surface area contributed by atoms with Gasteiger partial charge < -0.3 is 10.3 Å². The van der Waals surface area contributed by atoms with Gasteiger partial charge in [-0.25, -0.2) is 4.98 Å².